The van der Waals surface area contributed by atoms with Gasteiger partial charge in [-0.25, -0.2) is 0 Å². The molecule has 1 aromatic rings. The maximum atomic E-state index is 6.23. The third-order valence-corrected chi connectivity index (χ3v) is 4.11. The summed E-state index contributed by atoms with van der Waals surface area (Å²) >= 11 is 0. The predicted molar refractivity (Wildman–Crippen MR) is 82.5 cm³/mol. The van der Waals surface area contributed by atoms with Crippen LogP contribution in [0.25, 0.3) is 0 Å². The molecule has 1 N–H and O–H groups in total. The van der Waals surface area contributed by atoms with Gasteiger partial charge in [-0.1, -0.05) is 26.8 Å². The normalized spacial score (nSPS) is 25.2. The van der Waals surface area contributed by atoms with Gasteiger partial charge in [0.05, 0.1) is 12.7 Å². The van der Waals surface area contributed by atoms with Crippen LogP contribution in [0, 0.1) is 5.92 Å². The fraction of sp³-hybridized carbons (Fsp3) is 0.647. The highest BCUT2D eigenvalue weighted by molar-refractivity contribution is 5.48. The molecule has 0 aromatic heterocycles. The van der Waals surface area contributed by atoms with Crippen LogP contribution in [0.2, 0.25) is 0 Å². The minimum absolute atomic E-state index is 0.103. The van der Waals surface area contributed by atoms with E-state index in [2.05, 4.69) is 39.1 Å². The van der Waals surface area contributed by atoms with Crippen LogP contribution in [-0.2, 0) is 0 Å². The molecule has 2 unspecified atom stereocenters. The molecule has 0 spiro atoms. The summed E-state index contributed by atoms with van der Waals surface area (Å²) in [5.41, 5.74) is 1.06. The number of rotatable bonds is 5. The standard InChI is InChI=1S/C17H27NO2/c1-6-17(4)10-13(18-11-12(2)3)16-14(19-5)8-7-9-15(16)20-17/h7-9,12-13,18H,6,10-11H2,1-5H3. The van der Waals surface area contributed by atoms with Crippen molar-refractivity contribution in [1.29, 1.82) is 0 Å². The van der Waals surface area contributed by atoms with Gasteiger partial charge in [0, 0.05) is 12.5 Å². The fourth-order valence-electron chi connectivity index (χ4n) is 2.74. The van der Waals surface area contributed by atoms with Gasteiger partial charge in [0.15, 0.2) is 0 Å². The van der Waals surface area contributed by atoms with Crippen molar-refractivity contribution in [3.05, 3.63) is 23.8 Å². The monoisotopic (exact) mass is 277 g/mol. The first-order chi connectivity index (χ1) is 9.49. The molecule has 20 heavy (non-hydrogen) atoms. The summed E-state index contributed by atoms with van der Waals surface area (Å²) < 4.78 is 11.8. The Kier molecular flexibility index (Phi) is 4.59. The fourth-order valence-corrected chi connectivity index (χ4v) is 2.74. The molecule has 0 aliphatic carbocycles. The summed E-state index contributed by atoms with van der Waals surface area (Å²) in [6.07, 6.45) is 1.98. The van der Waals surface area contributed by atoms with E-state index in [9.17, 15) is 0 Å². The van der Waals surface area contributed by atoms with E-state index in [0.29, 0.717) is 12.0 Å². The Labute approximate surface area is 122 Å². The van der Waals surface area contributed by atoms with E-state index in [1.165, 1.54) is 5.56 Å². The lowest BCUT2D eigenvalue weighted by molar-refractivity contribution is 0.0427. The number of hydrogen-bond donors (Lipinski definition) is 1. The first-order valence-corrected chi connectivity index (χ1v) is 7.58. The molecular formula is C17H27NO2. The van der Waals surface area contributed by atoms with Gasteiger partial charge in [-0.3, -0.25) is 0 Å². The molecule has 0 saturated carbocycles. The number of ether oxygens (including phenoxy) is 2. The zero-order valence-electron chi connectivity index (χ0n) is 13.3. The molecule has 1 heterocycles. The summed E-state index contributed by atoms with van der Waals surface area (Å²) in [4.78, 5) is 0. The van der Waals surface area contributed by atoms with Crippen molar-refractivity contribution in [2.75, 3.05) is 13.7 Å². The maximum absolute atomic E-state index is 6.23. The average molecular weight is 277 g/mol. The molecule has 112 valence electrons. The molecule has 0 bridgehead atoms. The molecule has 0 fully saturated rings. The Bertz CT molecular complexity index is 458. The summed E-state index contributed by atoms with van der Waals surface area (Å²) in [7, 11) is 1.72. The van der Waals surface area contributed by atoms with Gasteiger partial charge in [-0.05, 0) is 37.9 Å². The van der Waals surface area contributed by atoms with E-state index in [4.69, 9.17) is 9.47 Å². The first-order valence-electron chi connectivity index (χ1n) is 7.58. The van der Waals surface area contributed by atoms with Gasteiger partial charge in [0.25, 0.3) is 0 Å². The average Bonchev–Trinajstić information content (AvgIpc) is 2.43. The molecular weight excluding hydrogens is 250 g/mol. The van der Waals surface area contributed by atoms with Gasteiger partial charge in [0.1, 0.15) is 17.1 Å². The molecule has 0 amide bonds. The highest BCUT2D eigenvalue weighted by Gasteiger charge is 2.37. The van der Waals surface area contributed by atoms with Crippen molar-refractivity contribution in [2.24, 2.45) is 5.92 Å². The Hall–Kier alpha value is -1.22. The van der Waals surface area contributed by atoms with Crippen molar-refractivity contribution in [1.82, 2.24) is 5.32 Å². The van der Waals surface area contributed by atoms with E-state index >= 15 is 0 Å². The zero-order chi connectivity index (χ0) is 14.8. The minimum Gasteiger partial charge on any atom is -0.496 e. The SMILES string of the molecule is CCC1(C)CC(NCC(C)C)c2c(OC)cccc2O1. The van der Waals surface area contributed by atoms with E-state index in [1.54, 1.807) is 7.11 Å². The third-order valence-electron chi connectivity index (χ3n) is 4.11. The van der Waals surface area contributed by atoms with Crippen LogP contribution in [0.1, 0.15) is 52.1 Å². The molecule has 3 nitrogen and oxygen atoms in total. The summed E-state index contributed by atoms with van der Waals surface area (Å²) in [5, 5.41) is 3.68. The van der Waals surface area contributed by atoms with Crippen molar-refractivity contribution in [3.63, 3.8) is 0 Å². The van der Waals surface area contributed by atoms with Gasteiger partial charge in [-0.2, -0.15) is 0 Å². The third kappa shape index (κ3) is 3.09. The molecule has 1 aromatic carbocycles. The molecule has 1 aliphatic heterocycles. The summed E-state index contributed by atoms with van der Waals surface area (Å²) in [5.74, 6) is 2.51. The molecule has 0 saturated heterocycles. The molecule has 3 heteroatoms. The molecule has 2 atom stereocenters. The highest BCUT2D eigenvalue weighted by Crippen LogP contribution is 2.45. The lowest BCUT2D eigenvalue weighted by atomic mass is 9.86. The van der Waals surface area contributed by atoms with Crippen LogP contribution in [-0.4, -0.2) is 19.3 Å². The van der Waals surface area contributed by atoms with Crippen molar-refractivity contribution < 1.29 is 9.47 Å². The van der Waals surface area contributed by atoms with Gasteiger partial charge >= 0.3 is 0 Å². The van der Waals surface area contributed by atoms with Gasteiger partial charge in [0.2, 0.25) is 0 Å². The Morgan fingerprint density at radius 3 is 2.80 bits per heavy atom. The predicted octanol–water partition coefficient (Wildman–Crippen LogP) is 3.93. The van der Waals surface area contributed by atoms with Crippen LogP contribution in [0.4, 0.5) is 0 Å². The molecule has 2 rings (SSSR count). The second-order valence-electron chi connectivity index (χ2n) is 6.34. The largest absolute Gasteiger partial charge is 0.496 e. The molecule has 0 radical (unpaired) electrons. The lowest BCUT2D eigenvalue weighted by Gasteiger charge is -2.40. The van der Waals surface area contributed by atoms with Crippen LogP contribution < -0.4 is 14.8 Å². The highest BCUT2D eigenvalue weighted by atomic mass is 16.5. The zero-order valence-corrected chi connectivity index (χ0v) is 13.3. The number of fused-ring (bicyclic) bond motifs is 1. The maximum Gasteiger partial charge on any atom is 0.128 e. The van der Waals surface area contributed by atoms with Crippen LogP contribution in [0.5, 0.6) is 11.5 Å². The van der Waals surface area contributed by atoms with Crippen LogP contribution in [0.15, 0.2) is 18.2 Å². The minimum atomic E-state index is -0.103. The van der Waals surface area contributed by atoms with E-state index in [-0.39, 0.29) is 5.60 Å². The van der Waals surface area contributed by atoms with Crippen molar-refractivity contribution >= 4 is 0 Å². The van der Waals surface area contributed by atoms with E-state index in [0.717, 1.165) is 30.9 Å². The second kappa shape index (κ2) is 6.04. The lowest BCUT2D eigenvalue weighted by Crippen LogP contribution is -2.42. The quantitative estimate of drug-likeness (QED) is 0.884. The van der Waals surface area contributed by atoms with Crippen molar-refractivity contribution in [3.8, 4) is 11.5 Å². The number of nitrogens with one attached hydrogen (secondary N) is 1. The van der Waals surface area contributed by atoms with Crippen LogP contribution >= 0.6 is 0 Å². The Morgan fingerprint density at radius 2 is 2.20 bits per heavy atom. The van der Waals surface area contributed by atoms with Crippen LogP contribution in [0.3, 0.4) is 0 Å². The molecule has 1 aliphatic rings. The van der Waals surface area contributed by atoms with Crippen molar-refractivity contribution in [2.45, 2.75) is 52.2 Å². The van der Waals surface area contributed by atoms with E-state index in [1.807, 2.05) is 12.1 Å². The Balaban J connectivity index is 2.35. The second-order valence-corrected chi connectivity index (χ2v) is 6.34. The number of benzene rings is 1. The van der Waals surface area contributed by atoms with Gasteiger partial charge < -0.3 is 14.8 Å². The smallest absolute Gasteiger partial charge is 0.128 e. The van der Waals surface area contributed by atoms with E-state index < -0.39 is 0 Å². The Morgan fingerprint density at radius 1 is 1.45 bits per heavy atom. The summed E-state index contributed by atoms with van der Waals surface area (Å²) in [6, 6.07) is 6.36. The number of hydrogen-bond acceptors (Lipinski definition) is 3. The summed E-state index contributed by atoms with van der Waals surface area (Å²) in [6.45, 7) is 9.84. The van der Waals surface area contributed by atoms with Gasteiger partial charge in [-0.15, -0.1) is 0 Å². The first kappa shape index (κ1) is 15.2. The topological polar surface area (TPSA) is 30.5 Å². The number of methoxy groups -OCH3 is 1.